The van der Waals surface area contributed by atoms with E-state index in [0.29, 0.717) is 38.6 Å². The third-order valence-electron chi connectivity index (χ3n) is 3.91. The van der Waals surface area contributed by atoms with Gasteiger partial charge in [0.25, 0.3) is 5.91 Å². The first kappa shape index (κ1) is 18.7. The Morgan fingerprint density at radius 1 is 1.07 bits per heavy atom. The smallest absolute Gasteiger partial charge is 0.256 e. The van der Waals surface area contributed by atoms with E-state index in [1.807, 2.05) is 0 Å². The molecule has 4 aromatic rings. The Bertz CT molecular complexity index is 1170. The number of amides is 1. The molecule has 0 radical (unpaired) electrons. The zero-order chi connectivity index (χ0) is 19.7. The Hall–Kier alpha value is -2.61. The maximum atomic E-state index is 12.5. The highest BCUT2D eigenvalue weighted by atomic mass is 79.9. The number of carbonyl (C=O) groups excluding carboxylic acids is 1. The van der Waals surface area contributed by atoms with Crippen molar-refractivity contribution in [2.24, 2.45) is 0 Å². The van der Waals surface area contributed by atoms with Crippen molar-refractivity contribution in [1.82, 2.24) is 15.0 Å². The number of nitrogens with zero attached hydrogens (tertiary/aromatic N) is 2. The van der Waals surface area contributed by atoms with Crippen molar-refractivity contribution in [1.29, 1.82) is 0 Å². The van der Waals surface area contributed by atoms with Gasteiger partial charge in [0.05, 0.1) is 26.8 Å². The summed E-state index contributed by atoms with van der Waals surface area (Å²) >= 11 is 15.7. The van der Waals surface area contributed by atoms with E-state index in [1.54, 1.807) is 54.7 Å². The number of benzene rings is 2. The quantitative estimate of drug-likeness (QED) is 0.336. The number of nitrogens with one attached hydrogen (secondary N) is 3. The lowest BCUT2D eigenvalue weighted by atomic mass is 10.2. The number of aromatic amines is 1. The Morgan fingerprint density at radius 3 is 2.61 bits per heavy atom. The van der Waals surface area contributed by atoms with Gasteiger partial charge in [-0.1, -0.05) is 45.2 Å². The number of anilines is 3. The SMILES string of the molecule is O=C(Nc1cc(Br)ccn1)c1ccc2[nH]c(Nc3c(Cl)cccc3Cl)nc2c1. The van der Waals surface area contributed by atoms with Gasteiger partial charge in [0.2, 0.25) is 5.95 Å². The van der Waals surface area contributed by atoms with Gasteiger partial charge in [0.15, 0.2) is 0 Å². The van der Waals surface area contributed by atoms with Gasteiger partial charge in [-0.05, 0) is 42.5 Å². The molecule has 0 aliphatic rings. The Morgan fingerprint density at radius 2 is 1.86 bits per heavy atom. The number of para-hydroxylation sites is 1. The van der Waals surface area contributed by atoms with Crippen molar-refractivity contribution in [3.63, 3.8) is 0 Å². The van der Waals surface area contributed by atoms with Crippen LogP contribution in [0, 0.1) is 0 Å². The van der Waals surface area contributed by atoms with Crippen LogP contribution in [0.2, 0.25) is 10.0 Å². The molecule has 9 heteroatoms. The number of pyridine rings is 1. The van der Waals surface area contributed by atoms with E-state index in [2.05, 4.69) is 41.5 Å². The number of carbonyl (C=O) groups is 1. The molecule has 0 aliphatic heterocycles. The zero-order valence-electron chi connectivity index (χ0n) is 14.1. The number of aromatic nitrogens is 3. The summed E-state index contributed by atoms with van der Waals surface area (Å²) in [6.45, 7) is 0. The maximum absolute atomic E-state index is 12.5. The van der Waals surface area contributed by atoms with Gasteiger partial charge in [-0.3, -0.25) is 4.79 Å². The summed E-state index contributed by atoms with van der Waals surface area (Å²) in [6, 6.07) is 13.9. The first-order chi connectivity index (χ1) is 13.5. The van der Waals surface area contributed by atoms with Crippen molar-refractivity contribution < 1.29 is 4.79 Å². The summed E-state index contributed by atoms with van der Waals surface area (Å²) in [7, 11) is 0. The summed E-state index contributed by atoms with van der Waals surface area (Å²) in [4.78, 5) is 24.2. The molecule has 0 spiro atoms. The number of halogens is 3. The van der Waals surface area contributed by atoms with E-state index in [0.717, 1.165) is 9.99 Å². The molecule has 2 aromatic carbocycles. The van der Waals surface area contributed by atoms with Gasteiger partial charge in [0.1, 0.15) is 5.82 Å². The van der Waals surface area contributed by atoms with Gasteiger partial charge in [0, 0.05) is 16.2 Å². The molecule has 0 atom stereocenters. The second-order valence-electron chi connectivity index (χ2n) is 5.85. The van der Waals surface area contributed by atoms with E-state index in [9.17, 15) is 4.79 Å². The van der Waals surface area contributed by atoms with E-state index in [1.165, 1.54) is 0 Å². The van der Waals surface area contributed by atoms with Gasteiger partial charge >= 0.3 is 0 Å². The highest BCUT2D eigenvalue weighted by Crippen LogP contribution is 2.32. The first-order valence-electron chi connectivity index (χ1n) is 8.13. The molecule has 140 valence electrons. The van der Waals surface area contributed by atoms with E-state index >= 15 is 0 Å². The predicted octanol–water partition coefficient (Wildman–Crippen LogP) is 6.02. The molecule has 2 heterocycles. The summed E-state index contributed by atoms with van der Waals surface area (Å²) in [5.74, 6) is 0.646. The molecule has 0 aliphatic carbocycles. The Balaban J connectivity index is 1.58. The van der Waals surface area contributed by atoms with Crippen LogP contribution in [-0.2, 0) is 0 Å². The van der Waals surface area contributed by atoms with Crippen LogP contribution in [0.4, 0.5) is 17.5 Å². The zero-order valence-corrected chi connectivity index (χ0v) is 17.2. The summed E-state index contributed by atoms with van der Waals surface area (Å²) in [6.07, 6.45) is 1.61. The topological polar surface area (TPSA) is 82.7 Å². The lowest BCUT2D eigenvalue weighted by Crippen LogP contribution is -2.12. The third kappa shape index (κ3) is 3.96. The summed E-state index contributed by atoms with van der Waals surface area (Å²) in [5, 5.41) is 6.80. The Labute approximate surface area is 178 Å². The second-order valence-corrected chi connectivity index (χ2v) is 7.58. The average molecular weight is 477 g/mol. The number of hydrogen-bond acceptors (Lipinski definition) is 4. The average Bonchev–Trinajstić information content (AvgIpc) is 3.06. The van der Waals surface area contributed by atoms with Crippen LogP contribution in [-0.4, -0.2) is 20.9 Å². The van der Waals surface area contributed by atoms with Crippen LogP contribution in [0.25, 0.3) is 11.0 Å². The van der Waals surface area contributed by atoms with Crippen molar-refractivity contribution in [2.45, 2.75) is 0 Å². The fourth-order valence-corrected chi connectivity index (χ4v) is 3.43. The van der Waals surface area contributed by atoms with E-state index < -0.39 is 0 Å². The minimum absolute atomic E-state index is 0.279. The lowest BCUT2D eigenvalue weighted by molar-refractivity contribution is 0.102. The molecule has 0 saturated heterocycles. The molecular formula is C19H12BrCl2N5O. The standard InChI is InChI=1S/C19H12BrCl2N5O/c20-11-6-7-23-16(9-11)26-18(28)10-4-5-14-15(8-10)25-19(24-14)27-17-12(21)2-1-3-13(17)22/h1-9H,(H,23,26,28)(H2,24,25,27). The molecule has 0 saturated carbocycles. The van der Waals surface area contributed by atoms with Gasteiger partial charge in [-0.25, -0.2) is 9.97 Å². The maximum Gasteiger partial charge on any atom is 0.256 e. The largest absolute Gasteiger partial charge is 0.324 e. The highest BCUT2D eigenvalue weighted by Gasteiger charge is 2.12. The molecule has 2 aromatic heterocycles. The van der Waals surface area contributed by atoms with Crippen molar-refractivity contribution >= 4 is 73.5 Å². The molecule has 0 bridgehead atoms. The molecule has 0 unspecified atom stereocenters. The van der Waals surface area contributed by atoms with Crippen molar-refractivity contribution in [2.75, 3.05) is 10.6 Å². The van der Waals surface area contributed by atoms with Crippen LogP contribution < -0.4 is 10.6 Å². The van der Waals surface area contributed by atoms with Gasteiger partial charge < -0.3 is 15.6 Å². The summed E-state index contributed by atoms with van der Waals surface area (Å²) < 4.78 is 0.828. The molecule has 6 nitrogen and oxygen atoms in total. The fraction of sp³-hybridized carbons (Fsp3) is 0. The number of imidazole rings is 1. The fourth-order valence-electron chi connectivity index (χ4n) is 2.60. The predicted molar refractivity (Wildman–Crippen MR) is 116 cm³/mol. The molecule has 28 heavy (non-hydrogen) atoms. The van der Waals surface area contributed by atoms with E-state index in [4.69, 9.17) is 23.2 Å². The minimum Gasteiger partial charge on any atom is -0.324 e. The molecule has 3 N–H and O–H groups in total. The molecule has 1 amide bonds. The van der Waals surface area contributed by atoms with Crippen LogP contribution in [0.15, 0.2) is 59.2 Å². The normalized spacial score (nSPS) is 10.8. The van der Waals surface area contributed by atoms with Crippen molar-refractivity contribution in [3.05, 3.63) is 74.8 Å². The number of fused-ring (bicyclic) bond motifs is 1. The minimum atomic E-state index is -0.279. The number of H-pyrrole nitrogens is 1. The molecule has 4 rings (SSSR count). The van der Waals surface area contributed by atoms with Crippen LogP contribution in [0.1, 0.15) is 10.4 Å². The Kier molecular flexibility index (Phi) is 5.21. The number of rotatable bonds is 4. The number of hydrogen-bond donors (Lipinski definition) is 3. The van der Waals surface area contributed by atoms with Gasteiger partial charge in [-0.15, -0.1) is 0 Å². The molecule has 0 fully saturated rings. The molecular weight excluding hydrogens is 465 g/mol. The van der Waals surface area contributed by atoms with Crippen molar-refractivity contribution in [3.8, 4) is 0 Å². The monoisotopic (exact) mass is 475 g/mol. The van der Waals surface area contributed by atoms with Crippen LogP contribution >= 0.6 is 39.1 Å². The first-order valence-corrected chi connectivity index (χ1v) is 9.68. The van der Waals surface area contributed by atoms with E-state index in [-0.39, 0.29) is 5.91 Å². The van der Waals surface area contributed by atoms with Crippen LogP contribution in [0.5, 0.6) is 0 Å². The lowest BCUT2D eigenvalue weighted by Gasteiger charge is -2.06. The van der Waals surface area contributed by atoms with Crippen LogP contribution in [0.3, 0.4) is 0 Å². The third-order valence-corrected chi connectivity index (χ3v) is 5.04. The highest BCUT2D eigenvalue weighted by molar-refractivity contribution is 9.10. The second kappa shape index (κ2) is 7.79. The van der Waals surface area contributed by atoms with Gasteiger partial charge in [-0.2, -0.15) is 0 Å². The summed E-state index contributed by atoms with van der Waals surface area (Å²) in [5.41, 5.74) is 2.41.